The highest BCUT2D eigenvalue weighted by molar-refractivity contribution is 5.98. The standard InChI is InChI=1S/C18H19F3O2/c1-2-3-4-5-6-7-12-8-15(18(19,20)21)14-10-17-16(9-13(12)14)22-11-23-17/h7-10H,2-6,11H2,1H3. The summed E-state index contributed by atoms with van der Waals surface area (Å²) in [6.07, 6.45) is 3.93. The van der Waals surface area contributed by atoms with Crippen LogP contribution in [0, 0.1) is 0 Å². The van der Waals surface area contributed by atoms with Crippen LogP contribution in [0.5, 0.6) is 11.5 Å². The van der Waals surface area contributed by atoms with E-state index < -0.39 is 11.7 Å². The number of unbranched alkanes of at least 4 members (excludes halogenated alkanes) is 4. The van der Waals surface area contributed by atoms with E-state index in [4.69, 9.17) is 9.47 Å². The summed E-state index contributed by atoms with van der Waals surface area (Å²) in [7, 11) is 0. The summed E-state index contributed by atoms with van der Waals surface area (Å²) in [4.78, 5) is 0. The summed E-state index contributed by atoms with van der Waals surface area (Å²) in [6, 6.07) is 3.10. The average Bonchev–Trinajstić information content (AvgIpc) is 3.08. The second-order valence-electron chi connectivity index (χ2n) is 5.82. The normalized spacial score (nSPS) is 17.6. The lowest BCUT2D eigenvalue weighted by Gasteiger charge is -2.10. The van der Waals surface area contributed by atoms with Gasteiger partial charge in [0, 0.05) is 0 Å². The second kappa shape index (κ2) is 6.30. The van der Waals surface area contributed by atoms with E-state index in [2.05, 4.69) is 6.92 Å². The average molecular weight is 324 g/mol. The molecule has 23 heavy (non-hydrogen) atoms. The van der Waals surface area contributed by atoms with Gasteiger partial charge in [0.2, 0.25) is 6.79 Å². The molecule has 0 N–H and O–H groups in total. The fourth-order valence-electron chi connectivity index (χ4n) is 2.95. The highest BCUT2D eigenvalue weighted by Crippen LogP contribution is 2.48. The minimum absolute atomic E-state index is 0.0549. The molecule has 0 spiro atoms. The minimum Gasteiger partial charge on any atom is -0.454 e. The van der Waals surface area contributed by atoms with Crippen molar-refractivity contribution in [3.63, 3.8) is 0 Å². The van der Waals surface area contributed by atoms with Gasteiger partial charge in [-0.15, -0.1) is 0 Å². The van der Waals surface area contributed by atoms with Crippen molar-refractivity contribution in [2.24, 2.45) is 0 Å². The maximum atomic E-state index is 13.3. The molecule has 0 bridgehead atoms. The van der Waals surface area contributed by atoms with Crippen molar-refractivity contribution in [2.75, 3.05) is 6.79 Å². The van der Waals surface area contributed by atoms with Crippen LogP contribution in [0.4, 0.5) is 13.2 Å². The van der Waals surface area contributed by atoms with Gasteiger partial charge in [0.05, 0.1) is 5.57 Å². The summed E-state index contributed by atoms with van der Waals surface area (Å²) < 4.78 is 50.4. The van der Waals surface area contributed by atoms with E-state index in [1.165, 1.54) is 12.1 Å². The molecule has 1 aromatic carbocycles. The second-order valence-corrected chi connectivity index (χ2v) is 5.82. The number of rotatable bonds is 5. The molecule has 3 rings (SSSR count). The van der Waals surface area contributed by atoms with E-state index in [1.807, 2.05) is 6.08 Å². The Kier molecular flexibility index (Phi) is 4.37. The van der Waals surface area contributed by atoms with Crippen molar-refractivity contribution in [1.29, 1.82) is 0 Å². The van der Waals surface area contributed by atoms with Crippen molar-refractivity contribution in [3.8, 4) is 11.5 Å². The molecule has 0 amide bonds. The fourth-order valence-corrected chi connectivity index (χ4v) is 2.95. The van der Waals surface area contributed by atoms with Crippen molar-refractivity contribution in [2.45, 2.75) is 45.2 Å². The monoisotopic (exact) mass is 324 g/mol. The minimum atomic E-state index is -4.37. The summed E-state index contributed by atoms with van der Waals surface area (Å²) >= 11 is 0. The van der Waals surface area contributed by atoms with Crippen molar-refractivity contribution < 1.29 is 22.6 Å². The molecule has 1 heterocycles. The summed E-state index contributed by atoms with van der Waals surface area (Å²) in [6.45, 7) is 2.19. The van der Waals surface area contributed by atoms with Crippen molar-refractivity contribution >= 4 is 11.1 Å². The lowest BCUT2D eigenvalue weighted by Crippen LogP contribution is -2.09. The molecular weight excluding hydrogens is 305 g/mol. The van der Waals surface area contributed by atoms with E-state index in [0.29, 0.717) is 22.6 Å². The molecule has 5 heteroatoms. The smallest absolute Gasteiger partial charge is 0.417 e. The Labute approximate surface area is 133 Å². The molecule has 1 aromatic rings. The highest BCUT2D eigenvalue weighted by atomic mass is 19.4. The Balaban J connectivity index is 1.90. The molecule has 1 aliphatic carbocycles. The first-order chi connectivity index (χ1) is 11.0. The number of fused-ring (bicyclic) bond motifs is 2. The Morgan fingerprint density at radius 2 is 1.74 bits per heavy atom. The fraction of sp³-hybridized carbons (Fsp3) is 0.444. The number of hydrogen-bond donors (Lipinski definition) is 0. The Morgan fingerprint density at radius 3 is 2.39 bits per heavy atom. The predicted octanol–water partition coefficient (Wildman–Crippen LogP) is 5.73. The molecular formula is C18H19F3O2. The van der Waals surface area contributed by atoms with E-state index in [-0.39, 0.29) is 12.4 Å². The summed E-state index contributed by atoms with van der Waals surface area (Å²) in [5.74, 6) is 0.889. The van der Waals surface area contributed by atoms with Gasteiger partial charge in [-0.25, -0.2) is 0 Å². The largest absolute Gasteiger partial charge is 0.454 e. The first kappa shape index (κ1) is 16.0. The summed E-state index contributed by atoms with van der Waals surface area (Å²) in [5, 5.41) is 0. The highest BCUT2D eigenvalue weighted by Gasteiger charge is 2.40. The molecule has 2 aliphatic rings. The molecule has 0 saturated heterocycles. The van der Waals surface area contributed by atoms with Gasteiger partial charge in [0.25, 0.3) is 0 Å². The van der Waals surface area contributed by atoms with Crippen molar-refractivity contribution in [3.05, 3.63) is 35.4 Å². The van der Waals surface area contributed by atoms with Crippen LogP contribution in [0.1, 0.15) is 50.2 Å². The van der Waals surface area contributed by atoms with Crippen LogP contribution in [0.15, 0.2) is 24.3 Å². The molecule has 0 fully saturated rings. The number of alkyl halides is 3. The maximum absolute atomic E-state index is 13.3. The van der Waals surface area contributed by atoms with Crippen LogP contribution in [-0.4, -0.2) is 13.0 Å². The number of allylic oxidation sites excluding steroid dienone is 4. The molecule has 2 nitrogen and oxygen atoms in total. The number of ether oxygens (including phenoxy) is 2. The van der Waals surface area contributed by atoms with E-state index >= 15 is 0 Å². The SMILES string of the molecule is CCCCCCC=C1C=C(C(F)(F)F)c2cc3c(cc21)OCO3. The third-order valence-electron chi connectivity index (χ3n) is 4.14. The lowest BCUT2D eigenvalue weighted by molar-refractivity contribution is -0.0687. The van der Waals surface area contributed by atoms with Gasteiger partial charge >= 0.3 is 6.18 Å². The van der Waals surface area contributed by atoms with Crippen LogP contribution in [-0.2, 0) is 0 Å². The predicted molar refractivity (Wildman–Crippen MR) is 83.3 cm³/mol. The molecule has 0 saturated carbocycles. The van der Waals surface area contributed by atoms with E-state index in [0.717, 1.165) is 32.1 Å². The lowest BCUT2D eigenvalue weighted by atomic mass is 10.0. The van der Waals surface area contributed by atoms with Gasteiger partial charge in [-0.3, -0.25) is 0 Å². The summed E-state index contributed by atoms with van der Waals surface area (Å²) in [5.41, 5.74) is 0.784. The third kappa shape index (κ3) is 3.23. The van der Waals surface area contributed by atoms with Crippen LogP contribution < -0.4 is 9.47 Å². The molecule has 0 unspecified atom stereocenters. The van der Waals surface area contributed by atoms with Crippen LogP contribution in [0.2, 0.25) is 0 Å². The number of benzene rings is 1. The first-order valence-electron chi connectivity index (χ1n) is 7.94. The van der Waals surface area contributed by atoms with Gasteiger partial charge in [-0.2, -0.15) is 13.2 Å². The van der Waals surface area contributed by atoms with Gasteiger partial charge in [-0.05, 0) is 47.8 Å². The van der Waals surface area contributed by atoms with Crippen LogP contribution in [0.25, 0.3) is 11.1 Å². The Hall–Kier alpha value is -1.91. The zero-order valence-corrected chi connectivity index (χ0v) is 13.0. The third-order valence-corrected chi connectivity index (χ3v) is 4.14. The van der Waals surface area contributed by atoms with Gasteiger partial charge < -0.3 is 9.47 Å². The zero-order chi connectivity index (χ0) is 16.4. The van der Waals surface area contributed by atoms with E-state index in [1.54, 1.807) is 6.07 Å². The zero-order valence-electron chi connectivity index (χ0n) is 13.0. The topological polar surface area (TPSA) is 18.5 Å². The first-order valence-corrected chi connectivity index (χ1v) is 7.94. The van der Waals surface area contributed by atoms with E-state index in [9.17, 15) is 13.2 Å². The molecule has 124 valence electrons. The Bertz CT molecular complexity index is 657. The van der Waals surface area contributed by atoms with Crippen LogP contribution in [0.3, 0.4) is 0 Å². The van der Waals surface area contributed by atoms with Gasteiger partial charge in [-0.1, -0.05) is 32.3 Å². The van der Waals surface area contributed by atoms with Gasteiger partial charge in [0.1, 0.15) is 0 Å². The number of halogens is 3. The maximum Gasteiger partial charge on any atom is 0.417 e. The Morgan fingerprint density at radius 1 is 1.04 bits per heavy atom. The molecule has 0 atom stereocenters. The molecule has 0 radical (unpaired) electrons. The van der Waals surface area contributed by atoms with Crippen LogP contribution >= 0.6 is 0 Å². The van der Waals surface area contributed by atoms with Gasteiger partial charge in [0.15, 0.2) is 11.5 Å². The number of hydrogen-bond acceptors (Lipinski definition) is 2. The quantitative estimate of drug-likeness (QED) is 0.644. The molecule has 1 aliphatic heterocycles. The molecule has 0 aromatic heterocycles. The van der Waals surface area contributed by atoms with Crippen molar-refractivity contribution in [1.82, 2.24) is 0 Å².